The lowest BCUT2D eigenvalue weighted by Crippen LogP contribution is -2.32. The van der Waals surface area contributed by atoms with Crippen molar-refractivity contribution < 1.29 is 27.5 Å². The van der Waals surface area contributed by atoms with E-state index in [-0.39, 0.29) is 17.0 Å². The first-order valence-corrected chi connectivity index (χ1v) is 10.0. The van der Waals surface area contributed by atoms with Gasteiger partial charge in [0.2, 0.25) is 0 Å². The number of alkyl halides is 3. The van der Waals surface area contributed by atoms with Crippen molar-refractivity contribution in [3.05, 3.63) is 81.6 Å². The summed E-state index contributed by atoms with van der Waals surface area (Å²) in [6, 6.07) is 14.6. The Morgan fingerprint density at radius 3 is 2.35 bits per heavy atom. The normalized spacial score (nSPS) is 14.4. The molecule has 31 heavy (non-hydrogen) atoms. The predicted octanol–water partition coefficient (Wildman–Crippen LogP) is 5.70. The fraction of sp³-hybridized carbons (Fsp3) is 0.0476. The number of carbonyl (C=O) groups is 2. The van der Waals surface area contributed by atoms with Crippen LogP contribution in [0.4, 0.5) is 24.5 Å². The Morgan fingerprint density at radius 1 is 0.968 bits per heavy atom. The largest absolute Gasteiger partial charge is 0.573 e. The second kappa shape index (κ2) is 8.09. The van der Waals surface area contributed by atoms with Gasteiger partial charge in [-0.15, -0.1) is 24.5 Å². The van der Waals surface area contributed by atoms with Gasteiger partial charge < -0.3 is 10.1 Å². The molecule has 2 aromatic carbocycles. The Morgan fingerprint density at radius 2 is 1.71 bits per heavy atom. The van der Waals surface area contributed by atoms with Crippen molar-refractivity contribution in [2.75, 3.05) is 10.2 Å². The maximum atomic E-state index is 13.2. The quantitative estimate of drug-likeness (QED) is 0.492. The van der Waals surface area contributed by atoms with Gasteiger partial charge in [0.1, 0.15) is 11.4 Å². The number of benzene rings is 2. The number of amides is 2. The average molecular weight is 465 g/mol. The first kappa shape index (κ1) is 21.0. The van der Waals surface area contributed by atoms with E-state index in [4.69, 9.17) is 11.6 Å². The maximum Gasteiger partial charge on any atom is 0.573 e. The number of hydrogen-bond donors (Lipinski definition) is 1. The molecular formula is C21H12ClF3N2O3S. The van der Waals surface area contributed by atoms with Crippen molar-refractivity contribution >= 4 is 51.7 Å². The van der Waals surface area contributed by atoms with Crippen LogP contribution in [0.25, 0.3) is 5.57 Å². The molecule has 1 aliphatic rings. The molecule has 158 valence electrons. The lowest BCUT2D eigenvalue weighted by Gasteiger charge is -2.15. The second-order valence-corrected chi connectivity index (χ2v) is 7.73. The van der Waals surface area contributed by atoms with E-state index in [1.807, 2.05) is 0 Å². The number of nitrogens with zero attached hydrogens (tertiary/aromatic N) is 1. The Kier molecular flexibility index (Phi) is 5.47. The predicted molar refractivity (Wildman–Crippen MR) is 112 cm³/mol. The van der Waals surface area contributed by atoms with Crippen LogP contribution < -0.4 is 15.0 Å². The highest BCUT2D eigenvalue weighted by atomic mass is 35.5. The highest BCUT2D eigenvalue weighted by Gasteiger charge is 2.40. The highest BCUT2D eigenvalue weighted by molar-refractivity contribution is 7.11. The summed E-state index contributed by atoms with van der Waals surface area (Å²) >= 11 is 7.16. The lowest BCUT2D eigenvalue weighted by molar-refractivity contribution is -0.274. The van der Waals surface area contributed by atoms with Gasteiger partial charge in [-0.3, -0.25) is 9.59 Å². The molecule has 0 unspecified atom stereocenters. The first-order chi connectivity index (χ1) is 14.7. The molecule has 2 amide bonds. The zero-order valence-electron chi connectivity index (χ0n) is 15.4. The molecule has 0 spiro atoms. The van der Waals surface area contributed by atoms with Gasteiger partial charge in [-0.05, 0) is 47.8 Å². The van der Waals surface area contributed by atoms with E-state index in [1.165, 1.54) is 35.6 Å². The zero-order chi connectivity index (χ0) is 22.2. The van der Waals surface area contributed by atoms with E-state index >= 15 is 0 Å². The summed E-state index contributed by atoms with van der Waals surface area (Å²) < 4.78 is 41.5. The smallest absolute Gasteiger partial charge is 0.406 e. The number of carbonyl (C=O) groups excluding carboxylic acids is 2. The molecule has 0 bridgehead atoms. The minimum absolute atomic E-state index is 0.0495. The summed E-state index contributed by atoms with van der Waals surface area (Å²) in [4.78, 5) is 27.9. The Labute approximate surface area is 183 Å². The van der Waals surface area contributed by atoms with Gasteiger partial charge in [-0.1, -0.05) is 23.7 Å². The molecule has 0 saturated heterocycles. The summed E-state index contributed by atoms with van der Waals surface area (Å²) in [5, 5.41) is 4.99. The average Bonchev–Trinajstić information content (AvgIpc) is 3.29. The monoisotopic (exact) mass is 464 g/mol. The number of imide groups is 1. The third-order valence-corrected chi connectivity index (χ3v) is 5.41. The van der Waals surface area contributed by atoms with E-state index in [9.17, 15) is 22.8 Å². The molecule has 0 saturated carbocycles. The fourth-order valence-electron chi connectivity index (χ4n) is 3.04. The van der Waals surface area contributed by atoms with Gasteiger partial charge in [-0.25, -0.2) is 4.90 Å². The topological polar surface area (TPSA) is 58.6 Å². The molecular weight excluding hydrogens is 453 g/mol. The van der Waals surface area contributed by atoms with Crippen LogP contribution in [0.15, 0.2) is 71.7 Å². The zero-order valence-corrected chi connectivity index (χ0v) is 17.0. The van der Waals surface area contributed by atoms with Crippen LogP contribution in [-0.2, 0) is 9.59 Å². The molecule has 0 aliphatic carbocycles. The van der Waals surface area contributed by atoms with Crippen LogP contribution in [0, 0.1) is 0 Å². The van der Waals surface area contributed by atoms with Gasteiger partial charge in [-0.2, -0.15) is 0 Å². The molecule has 1 aliphatic heterocycles. The summed E-state index contributed by atoms with van der Waals surface area (Å²) in [6.07, 6.45) is -4.86. The van der Waals surface area contributed by atoms with Crippen LogP contribution in [0.3, 0.4) is 0 Å². The number of thiophene rings is 1. The number of ether oxygens (including phenoxy) is 1. The van der Waals surface area contributed by atoms with Crippen molar-refractivity contribution in [3.63, 3.8) is 0 Å². The Balaban J connectivity index is 1.73. The highest BCUT2D eigenvalue weighted by Crippen LogP contribution is 2.36. The molecule has 0 radical (unpaired) electrons. The van der Waals surface area contributed by atoms with E-state index < -0.39 is 23.9 Å². The molecule has 5 nitrogen and oxygen atoms in total. The second-order valence-electron chi connectivity index (χ2n) is 6.35. The van der Waals surface area contributed by atoms with Gasteiger partial charge in [0.05, 0.1) is 11.3 Å². The van der Waals surface area contributed by atoms with Crippen molar-refractivity contribution in [2.24, 2.45) is 0 Å². The summed E-state index contributed by atoms with van der Waals surface area (Å²) in [5.41, 5.74) is 0.549. The minimum Gasteiger partial charge on any atom is -0.406 e. The van der Waals surface area contributed by atoms with Gasteiger partial charge >= 0.3 is 6.36 Å². The molecule has 3 aromatic rings. The van der Waals surface area contributed by atoms with Crippen LogP contribution in [0.2, 0.25) is 5.02 Å². The third-order valence-electron chi connectivity index (χ3n) is 4.27. The van der Waals surface area contributed by atoms with Gasteiger partial charge in [0.15, 0.2) is 0 Å². The number of anilines is 2. The number of nitrogens with one attached hydrogen (secondary N) is 1. The van der Waals surface area contributed by atoms with E-state index in [2.05, 4.69) is 10.1 Å². The standard InChI is InChI=1S/C21H12ClF3N2O3S/c22-12-6-8-14(9-7-12)27-19(28)17(16-5-2-10-31-16)18(20(27)29)26-13-3-1-4-15(11-13)30-21(23,24)25/h1-11,26H. The molecule has 1 N–H and O–H groups in total. The van der Waals surface area contributed by atoms with Crippen LogP contribution in [0.5, 0.6) is 5.75 Å². The van der Waals surface area contributed by atoms with E-state index in [1.54, 1.807) is 29.6 Å². The fourth-order valence-corrected chi connectivity index (χ4v) is 3.93. The minimum atomic E-state index is -4.86. The van der Waals surface area contributed by atoms with Crippen LogP contribution in [0.1, 0.15) is 4.88 Å². The molecule has 10 heteroatoms. The van der Waals surface area contributed by atoms with Crippen molar-refractivity contribution in [1.82, 2.24) is 0 Å². The number of halogens is 4. The molecule has 0 fully saturated rings. The molecule has 4 rings (SSSR count). The summed E-state index contributed by atoms with van der Waals surface area (Å²) in [5.74, 6) is -1.65. The SMILES string of the molecule is O=C1C(Nc2cccc(OC(F)(F)F)c2)=C(c2cccs2)C(=O)N1c1ccc(Cl)cc1. The van der Waals surface area contributed by atoms with Crippen LogP contribution >= 0.6 is 22.9 Å². The Bertz CT molecular complexity index is 1180. The Hall–Kier alpha value is -3.30. The van der Waals surface area contributed by atoms with E-state index in [0.717, 1.165) is 17.0 Å². The first-order valence-electron chi connectivity index (χ1n) is 8.78. The number of hydrogen-bond acceptors (Lipinski definition) is 5. The molecule has 2 heterocycles. The van der Waals surface area contributed by atoms with Gasteiger partial charge in [0, 0.05) is 21.7 Å². The maximum absolute atomic E-state index is 13.2. The summed E-state index contributed by atoms with van der Waals surface area (Å²) in [6.45, 7) is 0. The van der Waals surface area contributed by atoms with Crippen molar-refractivity contribution in [1.29, 1.82) is 0 Å². The molecule has 0 atom stereocenters. The van der Waals surface area contributed by atoms with Gasteiger partial charge in [0.25, 0.3) is 11.8 Å². The molecule has 1 aromatic heterocycles. The van der Waals surface area contributed by atoms with E-state index in [0.29, 0.717) is 15.6 Å². The lowest BCUT2D eigenvalue weighted by atomic mass is 10.2. The summed E-state index contributed by atoms with van der Waals surface area (Å²) in [7, 11) is 0. The van der Waals surface area contributed by atoms with Crippen LogP contribution in [-0.4, -0.2) is 18.2 Å². The third kappa shape index (κ3) is 4.42. The number of rotatable bonds is 5. The van der Waals surface area contributed by atoms with Crippen molar-refractivity contribution in [3.8, 4) is 5.75 Å². The van der Waals surface area contributed by atoms with Crippen molar-refractivity contribution in [2.45, 2.75) is 6.36 Å².